The van der Waals surface area contributed by atoms with Crippen molar-refractivity contribution < 1.29 is 14.4 Å². The maximum Gasteiger partial charge on any atom is 0.233 e. The summed E-state index contributed by atoms with van der Waals surface area (Å²) in [5.41, 5.74) is 0.550. The number of likely N-dealkylation sites (tertiary alicyclic amines) is 1. The Kier molecular flexibility index (Phi) is 4.52. The number of nitrogens with zero attached hydrogens (tertiary/aromatic N) is 1. The molecule has 5 nitrogen and oxygen atoms in total. The van der Waals surface area contributed by atoms with Gasteiger partial charge in [0.15, 0.2) is 0 Å². The van der Waals surface area contributed by atoms with Crippen molar-refractivity contribution >= 4 is 46.6 Å². The summed E-state index contributed by atoms with van der Waals surface area (Å²) in [7, 11) is 0. The molecule has 4 fully saturated rings. The molecule has 6 atom stereocenters. The first-order chi connectivity index (χ1) is 14.9. The lowest BCUT2D eigenvalue weighted by Gasteiger charge is -2.37. The van der Waals surface area contributed by atoms with Gasteiger partial charge < -0.3 is 5.32 Å². The van der Waals surface area contributed by atoms with Crippen molar-refractivity contribution in [2.24, 2.45) is 41.4 Å². The molecule has 3 saturated carbocycles. The Bertz CT molecular complexity index is 980. The van der Waals surface area contributed by atoms with Crippen molar-refractivity contribution in [3.63, 3.8) is 0 Å². The van der Waals surface area contributed by atoms with Crippen LogP contribution in [0, 0.1) is 41.4 Å². The van der Waals surface area contributed by atoms with Crippen LogP contribution < -0.4 is 5.32 Å². The summed E-state index contributed by atoms with van der Waals surface area (Å²) in [5.74, 6) is 1.33. The van der Waals surface area contributed by atoms with Gasteiger partial charge in [0.2, 0.25) is 17.7 Å². The maximum atomic E-state index is 13.3. The minimum absolute atomic E-state index is 0.0422. The van der Waals surface area contributed by atoms with Crippen LogP contribution in [0.4, 0.5) is 5.69 Å². The standard InChI is InChI=1S/C24H24Cl2N2O3/c25-12-3-8-19(18(26)9-12)27-22(29)11-1-4-13(5-2-11)28-23(30)20-14-6-7-15(17-10-16(14)17)21(20)24(28)31/h3,6-9,11,13-17,20-21H,1-2,4-5,10H2,(H,27,29)/t11?,13?,14-,15+,16-,17-,20+,21+/m1/s1. The third-order valence-electron chi connectivity index (χ3n) is 8.32. The molecule has 31 heavy (non-hydrogen) atoms. The van der Waals surface area contributed by atoms with E-state index in [1.165, 1.54) is 6.42 Å². The Hall–Kier alpha value is -1.85. The van der Waals surface area contributed by atoms with Crippen molar-refractivity contribution in [2.75, 3.05) is 5.32 Å². The molecule has 1 aliphatic heterocycles. The smallest absolute Gasteiger partial charge is 0.233 e. The summed E-state index contributed by atoms with van der Waals surface area (Å²) < 4.78 is 0. The van der Waals surface area contributed by atoms with Crippen molar-refractivity contribution in [2.45, 2.75) is 38.1 Å². The lowest BCUT2D eigenvalue weighted by Crippen LogP contribution is -2.44. The average molecular weight is 459 g/mol. The van der Waals surface area contributed by atoms with E-state index in [2.05, 4.69) is 17.5 Å². The number of benzene rings is 1. The molecule has 7 rings (SSSR count). The molecule has 0 spiro atoms. The highest BCUT2D eigenvalue weighted by Crippen LogP contribution is 2.65. The minimum Gasteiger partial charge on any atom is -0.325 e. The van der Waals surface area contributed by atoms with Crippen LogP contribution in [-0.2, 0) is 14.4 Å². The fourth-order valence-corrected chi connectivity index (χ4v) is 7.22. The summed E-state index contributed by atoms with van der Waals surface area (Å²) in [6.45, 7) is 0. The predicted molar refractivity (Wildman–Crippen MR) is 117 cm³/mol. The zero-order valence-electron chi connectivity index (χ0n) is 17.0. The SMILES string of the molecule is O=C(Nc1ccc(Cl)cc1Cl)C1CCC(N2C(=O)[C@H]3[C@@H]4C=C[C@@H]([C@H]5C[C@H]45)[C@@H]3C2=O)CC1. The van der Waals surface area contributed by atoms with E-state index in [9.17, 15) is 14.4 Å². The number of imide groups is 1. The van der Waals surface area contributed by atoms with Gasteiger partial charge in [-0.3, -0.25) is 19.3 Å². The van der Waals surface area contributed by atoms with E-state index in [0.717, 1.165) is 0 Å². The monoisotopic (exact) mass is 458 g/mol. The Balaban J connectivity index is 1.11. The van der Waals surface area contributed by atoms with Gasteiger partial charge in [-0.15, -0.1) is 0 Å². The van der Waals surface area contributed by atoms with E-state index in [1.54, 1.807) is 23.1 Å². The van der Waals surface area contributed by atoms with E-state index in [1.807, 2.05) is 0 Å². The Morgan fingerprint density at radius 3 is 2.13 bits per heavy atom. The third-order valence-corrected chi connectivity index (χ3v) is 8.87. The fourth-order valence-electron chi connectivity index (χ4n) is 6.76. The number of hydrogen-bond donors (Lipinski definition) is 1. The number of hydrogen-bond acceptors (Lipinski definition) is 3. The first-order valence-electron chi connectivity index (χ1n) is 11.2. The van der Waals surface area contributed by atoms with Crippen LogP contribution >= 0.6 is 23.2 Å². The lowest BCUT2D eigenvalue weighted by atomic mass is 9.63. The third kappa shape index (κ3) is 3.00. The lowest BCUT2D eigenvalue weighted by molar-refractivity contribution is -0.144. The number of rotatable bonds is 3. The van der Waals surface area contributed by atoms with Gasteiger partial charge in [0, 0.05) is 17.0 Å². The quantitative estimate of drug-likeness (QED) is 0.533. The van der Waals surface area contributed by atoms with E-state index in [-0.39, 0.29) is 53.4 Å². The van der Waals surface area contributed by atoms with Gasteiger partial charge in [0.25, 0.3) is 0 Å². The van der Waals surface area contributed by atoms with Gasteiger partial charge in [-0.05, 0) is 74.0 Å². The molecule has 3 amide bonds. The summed E-state index contributed by atoms with van der Waals surface area (Å²) in [5, 5.41) is 3.82. The molecule has 1 N–H and O–H groups in total. The van der Waals surface area contributed by atoms with Crippen molar-refractivity contribution in [1.82, 2.24) is 4.90 Å². The van der Waals surface area contributed by atoms with Crippen molar-refractivity contribution in [1.29, 1.82) is 0 Å². The Morgan fingerprint density at radius 2 is 1.55 bits per heavy atom. The average Bonchev–Trinajstić information content (AvgIpc) is 3.54. The highest BCUT2D eigenvalue weighted by atomic mass is 35.5. The first kappa shape index (κ1) is 19.8. The van der Waals surface area contributed by atoms with Crippen LogP contribution in [0.15, 0.2) is 30.4 Å². The van der Waals surface area contributed by atoms with Gasteiger partial charge in [0.05, 0.1) is 22.5 Å². The number of amides is 3. The number of halogens is 2. The number of allylic oxidation sites excluding steroid dienone is 2. The zero-order valence-corrected chi connectivity index (χ0v) is 18.5. The summed E-state index contributed by atoms with van der Waals surface area (Å²) in [6.07, 6.45) is 8.26. The van der Waals surface area contributed by atoms with E-state index in [0.29, 0.717) is 53.3 Å². The zero-order chi connectivity index (χ0) is 21.4. The van der Waals surface area contributed by atoms with E-state index in [4.69, 9.17) is 23.2 Å². The predicted octanol–water partition coefficient (Wildman–Crippen LogP) is 4.54. The fraction of sp³-hybridized carbons (Fsp3) is 0.542. The highest BCUT2D eigenvalue weighted by Gasteiger charge is 2.67. The molecule has 1 aromatic rings. The second-order valence-electron chi connectivity index (χ2n) is 9.82. The van der Waals surface area contributed by atoms with Crippen LogP contribution in [-0.4, -0.2) is 28.7 Å². The topological polar surface area (TPSA) is 66.5 Å². The number of anilines is 1. The number of carbonyl (C=O) groups excluding carboxylic acids is 3. The molecule has 0 aromatic heterocycles. The molecule has 0 unspecified atom stereocenters. The Morgan fingerprint density at radius 1 is 0.935 bits per heavy atom. The van der Waals surface area contributed by atoms with E-state index >= 15 is 0 Å². The minimum atomic E-state index is -0.149. The van der Waals surface area contributed by atoms with Crippen LogP contribution in [0.2, 0.25) is 10.0 Å². The molecule has 1 aromatic carbocycles. The maximum absolute atomic E-state index is 13.3. The van der Waals surface area contributed by atoms with Gasteiger partial charge in [-0.25, -0.2) is 0 Å². The highest BCUT2D eigenvalue weighted by molar-refractivity contribution is 6.36. The summed E-state index contributed by atoms with van der Waals surface area (Å²) in [4.78, 5) is 40.9. The normalized spacial score (nSPS) is 40.0. The largest absolute Gasteiger partial charge is 0.325 e. The molecule has 5 aliphatic carbocycles. The summed E-state index contributed by atoms with van der Waals surface area (Å²) in [6, 6.07) is 4.91. The number of nitrogens with one attached hydrogen (secondary N) is 1. The Labute approximate surface area is 191 Å². The van der Waals surface area contributed by atoms with Gasteiger partial charge in [-0.2, -0.15) is 0 Å². The molecule has 7 heteroatoms. The van der Waals surface area contributed by atoms with Crippen LogP contribution in [0.3, 0.4) is 0 Å². The van der Waals surface area contributed by atoms with Crippen LogP contribution in [0.25, 0.3) is 0 Å². The van der Waals surface area contributed by atoms with Crippen LogP contribution in [0.5, 0.6) is 0 Å². The second-order valence-corrected chi connectivity index (χ2v) is 10.7. The molecular formula is C24H24Cl2N2O3. The molecule has 2 bridgehead atoms. The first-order valence-corrected chi connectivity index (χ1v) is 12.0. The molecule has 162 valence electrons. The summed E-state index contributed by atoms with van der Waals surface area (Å²) >= 11 is 12.1. The number of carbonyl (C=O) groups is 3. The van der Waals surface area contributed by atoms with E-state index < -0.39 is 0 Å². The van der Waals surface area contributed by atoms with Crippen molar-refractivity contribution in [3.8, 4) is 0 Å². The molecular weight excluding hydrogens is 435 g/mol. The molecule has 1 saturated heterocycles. The van der Waals surface area contributed by atoms with Gasteiger partial charge in [0.1, 0.15) is 0 Å². The van der Waals surface area contributed by atoms with Gasteiger partial charge >= 0.3 is 0 Å². The van der Waals surface area contributed by atoms with Crippen LogP contribution in [0.1, 0.15) is 32.1 Å². The van der Waals surface area contributed by atoms with Crippen molar-refractivity contribution in [3.05, 3.63) is 40.4 Å². The van der Waals surface area contributed by atoms with Gasteiger partial charge in [-0.1, -0.05) is 35.4 Å². The molecule has 6 aliphatic rings. The second kappa shape index (κ2) is 7.08. The molecule has 1 heterocycles. The molecule has 0 radical (unpaired) electrons.